The fourth-order valence-electron chi connectivity index (χ4n) is 2.58. The molecule has 2 atom stereocenters. The highest BCUT2D eigenvalue weighted by atomic mass is 16.5. The molecule has 0 amide bonds. The Morgan fingerprint density at radius 3 is 2.74 bits per heavy atom. The van der Waals surface area contributed by atoms with Crippen molar-refractivity contribution < 1.29 is 4.74 Å². The standard InChI is InChI=1S/C14H24N4O/c1-4-15-12-8-13(18-14(17-12)9-19-3)16-11-6-5-10(2)7-11/h8,10-11H,4-7,9H2,1-3H3,(H2,15,16,17,18). The Morgan fingerprint density at radius 2 is 2.11 bits per heavy atom. The Labute approximate surface area is 115 Å². The Balaban J connectivity index is 2.09. The molecule has 1 fully saturated rings. The summed E-state index contributed by atoms with van der Waals surface area (Å²) >= 11 is 0. The normalized spacial score (nSPS) is 22.5. The zero-order valence-corrected chi connectivity index (χ0v) is 12.1. The molecule has 0 bridgehead atoms. The molecule has 0 spiro atoms. The van der Waals surface area contributed by atoms with Crippen LogP contribution >= 0.6 is 0 Å². The second-order valence-electron chi connectivity index (χ2n) is 5.28. The molecule has 2 unspecified atom stereocenters. The maximum absolute atomic E-state index is 5.12. The van der Waals surface area contributed by atoms with E-state index in [4.69, 9.17) is 4.74 Å². The van der Waals surface area contributed by atoms with E-state index in [-0.39, 0.29) is 0 Å². The summed E-state index contributed by atoms with van der Waals surface area (Å²) in [6.45, 7) is 5.66. The second-order valence-corrected chi connectivity index (χ2v) is 5.28. The third-order valence-electron chi connectivity index (χ3n) is 3.45. The molecule has 1 aliphatic carbocycles. The molecule has 1 saturated carbocycles. The zero-order chi connectivity index (χ0) is 13.7. The smallest absolute Gasteiger partial charge is 0.158 e. The van der Waals surface area contributed by atoms with Crippen LogP contribution in [0.1, 0.15) is 38.9 Å². The molecule has 0 aliphatic heterocycles. The van der Waals surface area contributed by atoms with Gasteiger partial charge in [-0.25, -0.2) is 9.97 Å². The number of hydrogen-bond acceptors (Lipinski definition) is 5. The number of nitrogens with zero attached hydrogens (tertiary/aromatic N) is 2. The van der Waals surface area contributed by atoms with Crippen LogP contribution in [-0.4, -0.2) is 29.7 Å². The van der Waals surface area contributed by atoms with E-state index in [1.165, 1.54) is 19.3 Å². The molecule has 5 heteroatoms. The first-order valence-corrected chi connectivity index (χ1v) is 7.08. The molecule has 1 heterocycles. The van der Waals surface area contributed by atoms with Crippen molar-refractivity contribution in [2.75, 3.05) is 24.3 Å². The summed E-state index contributed by atoms with van der Waals surface area (Å²) in [6.07, 6.45) is 3.75. The van der Waals surface area contributed by atoms with Gasteiger partial charge in [-0.15, -0.1) is 0 Å². The van der Waals surface area contributed by atoms with Crippen LogP contribution in [0.4, 0.5) is 11.6 Å². The van der Waals surface area contributed by atoms with Crippen molar-refractivity contribution in [2.45, 2.75) is 45.8 Å². The molecule has 19 heavy (non-hydrogen) atoms. The molecule has 2 rings (SSSR count). The minimum atomic E-state index is 0.439. The number of aromatic nitrogens is 2. The second kappa shape index (κ2) is 6.70. The van der Waals surface area contributed by atoms with E-state index < -0.39 is 0 Å². The average Bonchev–Trinajstić information content (AvgIpc) is 2.75. The molecule has 2 N–H and O–H groups in total. The van der Waals surface area contributed by atoms with Crippen LogP contribution in [0.2, 0.25) is 0 Å². The fraction of sp³-hybridized carbons (Fsp3) is 0.714. The molecule has 1 aliphatic rings. The van der Waals surface area contributed by atoms with Gasteiger partial charge < -0.3 is 15.4 Å². The van der Waals surface area contributed by atoms with Gasteiger partial charge in [-0.3, -0.25) is 0 Å². The van der Waals surface area contributed by atoms with E-state index in [1.54, 1.807) is 7.11 Å². The predicted molar refractivity (Wildman–Crippen MR) is 77.3 cm³/mol. The van der Waals surface area contributed by atoms with Crippen LogP contribution in [0.15, 0.2) is 6.07 Å². The summed E-state index contributed by atoms with van der Waals surface area (Å²) in [4.78, 5) is 8.92. The number of ether oxygens (including phenoxy) is 1. The third-order valence-corrected chi connectivity index (χ3v) is 3.45. The monoisotopic (exact) mass is 264 g/mol. The van der Waals surface area contributed by atoms with Crippen molar-refractivity contribution in [3.63, 3.8) is 0 Å². The molecular formula is C14H24N4O. The van der Waals surface area contributed by atoms with Crippen LogP contribution in [0.5, 0.6) is 0 Å². The van der Waals surface area contributed by atoms with Crippen molar-refractivity contribution in [3.05, 3.63) is 11.9 Å². The van der Waals surface area contributed by atoms with Crippen LogP contribution in [0.3, 0.4) is 0 Å². The number of anilines is 2. The molecule has 1 aromatic heterocycles. The fourth-order valence-corrected chi connectivity index (χ4v) is 2.58. The lowest BCUT2D eigenvalue weighted by molar-refractivity contribution is 0.178. The maximum Gasteiger partial charge on any atom is 0.158 e. The number of nitrogens with one attached hydrogen (secondary N) is 2. The Hall–Kier alpha value is -1.36. The van der Waals surface area contributed by atoms with E-state index in [0.29, 0.717) is 12.6 Å². The van der Waals surface area contributed by atoms with Gasteiger partial charge in [-0.1, -0.05) is 6.92 Å². The van der Waals surface area contributed by atoms with E-state index in [0.717, 1.165) is 29.9 Å². The van der Waals surface area contributed by atoms with E-state index in [9.17, 15) is 0 Å². The number of methoxy groups -OCH3 is 1. The summed E-state index contributed by atoms with van der Waals surface area (Å²) in [5.41, 5.74) is 0. The first-order valence-electron chi connectivity index (χ1n) is 7.08. The maximum atomic E-state index is 5.12. The van der Waals surface area contributed by atoms with Crippen molar-refractivity contribution in [1.82, 2.24) is 9.97 Å². The Kier molecular flexibility index (Phi) is 4.96. The lowest BCUT2D eigenvalue weighted by Gasteiger charge is -2.15. The van der Waals surface area contributed by atoms with Crippen LogP contribution in [-0.2, 0) is 11.3 Å². The van der Waals surface area contributed by atoms with Gasteiger partial charge in [0.25, 0.3) is 0 Å². The summed E-state index contributed by atoms with van der Waals surface area (Å²) < 4.78 is 5.12. The van der Waals surface area contributed by atoms with Gasteiger partial charge in [-0.2, -0.15) is 0 Å². The Bertz CT molecular complexity index is 386. The SMILES string of the molecule is CCNc1cc(NC2CCC(C)C2)nc(COC)n1. The summed E-state index contributed by atoms with van der Waals surface area (Å²) in [5, 5.41) is 6.76. The molecular weight excluding hydrogens is 240 g/mol. The van der Waals surface area contributed by atoms with Crippen molar-refractivity contribution in [1.29, 1.82) is 0 Å². The first kappa shape index (κ1) is 14.1. The minimum absolute atomic E-state index is 0.439. The highest BCUT2D eigenvalue weighted by molar-refractivity contribution is 5.48. The first-order chi connectivity index (χ1) is 9.21. The molecule has 0 aromatic carbocycles. The van der Waals surface area contributed by atoms with E-state index in [1.807, 2.05) is 6.07 Å². The topological polar surface area (TPSA) is 59.1 Å². The summed E-state index contributed by atoms with van der Waals surface area (Å²) in [6, 6.07) is 2.51. The van der Waals surface area contributed by atoms with Gasteiger partial charge >= 0.3 is 0 Å². The van der Waals surface area contributed by atoms with Gasteiger partial charge in [0.2, 0.25) is 0 Å². The minimum Gasteiger partial charge on any atom is -0.377 e. The summed E-state index contributed by atoms with van der Waals surface area (Å²) in [7, 11) is 1.66. The lowest BCUT2D eigenvalue weighted by Crippen LogP contribution is -2.17. The average molecular weight is 264 g/mol. The number of rotatable bonds is 6. The van der Waals surface area contributed by atoms with Crippen LogP contribution < -0.4 is 10.6 Å². The lowest BCUT2D eigenvalue weighted by atomic mass is 10.1. The highest BCUT2D eigenvalue weighted by Gasteiger charge is 2.21. The quantitative estimate of drug-likeness (QED) is 0.827. The molecule has 1 aromatic rings. The van der Waals surface area contributed by atoms with Crippen molar-refractivity contribution in [3.8, 4) is 0 Å². The van der Waals surface area contributed by atoms with E-state index >= 15 is 0 Å². The largest absolute Gasteiger partial charge is 0.377 e. The molecule has 106 valence electrons. The molecule has 0 saturated heterocycles. The van der Waals surface area contributed by atoms with Crippen molar-refractivity contribution >= 4 is 11.6 Å². The Morgan fingerprint density at radius 1 is 1.32 bits per heavy atom. The van der Waals surface area contributed by atoms with E-state index in [2.05, 4.69) is 34.4 Å². The summed E-state index contributed by atoms with van der Waals surface area (Å²) in [5.74, 6) is 3.29. The zero-order valence-electron chi connectivity index (χ0n) is 12.1. The van der Waals surface area contributed by atoms with Gasteiger partial charge in [0.05, 0.1) is 0 Å². The van der Waals surface area contributed by atoms with Crippen LogP contribution in [0, 0.1) is 5.92 Å². The van der Waals surface area contributed by atoms with Gasteiger partial charge in [-0.05, 0) is 32.1 Å². The third kappa shape index (κ3) is 4.06. The number of hydrogen-bond donors (Lipinski definition) is 2. The van der Waals surface area contributed by atoms with Crippen molar-refractivity contribution in [2.24, 2.45) is 5.92 Å². The van der Waals surface area contributed by atoms with Gasteiger partial charge in [0.1, 0.15) is 18.2 Å². The highest BCUT2D eigenvalue weighted by Crippen LogP contribution is 2.27. The van der Waals surface area contributed by atoms with Gasteiger partial charge in [0, 0.05) is 25.8 Å². The predicted octanol–water partition coefficient (Wildman–Crippen LogP) is 2.66. The molecule has 5 nitrogen and oxygen atoms in total. The van der Waals surface area contributed by atoms with Crippen LogP contribution in [0.25, 0.3) is 0 Å². The molecule has 0 radical (unpaired) electrons. The van der Waals surface area contributed by atoms with Gasteiger partial charge in [0.15, 0.2) is 5.82 Å².